The van der Waals surface area contributed by atoms with Crippen LogP contribution in [0.5, 0.6) is 0 Å². The standard InChI is InChI=1S/C20H30N2/c1-20(2,3)17-8-9-18-16(15-17)7-10-19(18)21-11-14-22-12-5-4-6-13-22/h7-10,15,19,21H,4-6,11-14H2,1-3H3/t19-/m1/s1. The molecule has 1 fully saturated rings. The topological polar surface area (TPSA) is 15.3 Å². The molecule has 0 radical (unpaired) electrons. The molecule has 2 heteroatoms. The Morgan fingerprint density at radius 2 is 1.91 bits per heavy atom. The summed E-state index contributed by atoms with van der Waals surface area (Å²) < 4.78 is 0. The number of fused-ring (bicyclic) bond motifs is 1. The quantitative estimate of drug-likeness (QED) is 0.899. The third-order valence-electron chi connectivity index (χ3n) is 5.00. The summed E-state index contributed by atoms with van der Waals surface area (Å²) in [5, 5.41) is 3.71. The molecule has 1 atom stereocenters. The lowest BCUT2D eigenvalue weighted by molar-refractivity contribution is 0.228. The predicted molar refractivity (Wildman–Crippen MR) is 95.2 cm³/mol. The van der Waals surface area contributed by atoms with Crippen molar-refractivity contribution in [2.75, 3.05) is 26.2 Å². The normalized spacial score (nSPS) is 22.0. The van der Waals surface area contributed by atoms with Gasteiger partial charge in [0.2, 0.25) is 0 Å². The van der Waals surface area contributed by atoms with Crippen LogP contribution in [0.3, 0.4) is 0 Å². The third kappa shape index (κ3) is 3.61. The minimum absolute atomic E-state index is 0.225. The summed E-state index contributed by atoms with van der Waals surface area (Å²) in [7, 11) is 0. The van der Waals surface area contributed by atoms with Crippen molar-refractivity contribution < 1.29 is 0 Å². The van der Waals surface area contributed by atoms with Crippen LogP contribution >= 0.6 is 0 Å². The maximum absolute atomic E-state index is 3.71. The molecule has 0 unspecified atom stereocenters. The van der Waals surface area contributed by atoms with Gasteiger partial charge >= 0.3 is 0 Å². The Kier molecular flexibility index (Phi) is 4.70. The average Bonchev–Trinajstić information content (AvgIpc) is 2.90. The maximum Gasteiger partial charge on any atom is 0.0515 e. The van der Waals surface area contributed by atoms with Crippen LogP contribution in [0.2, 0.25) is 0 Å². The van der Waals surface area contributed by atoms with Crippen LogP contribution in [-0.4, -0.2) is 31.1 Å². The van der Waals surface area contributed by atoms with Crippen molar-refractivity contribution in [2.45, 2.75) is 51.5 Å². The van der Waals surface area contributed by atoms with Gasteiger partial charge in [-0.2, -0.15) is 0 Å². The smallest absolute Gasteiger partial charge is 0.0515 e. The Morgan fingerprint density at radius 1 is 1.14 bits per heavy atom. The second-order valence-electron chi connectivity index (χ2n) is 7.79. The van der Waals surface area contributed by atoms with E-state index in [1.165, 1.54) is 55.6 Å². The molecular formula is C20H30N2. The highest BCUT2D eigenvalue weighted by Crippen LogP contribution is 2.32. The lowest BCUT2D eigenvalue weighted by Crippen LogP contribution is -2.36. The van der Waals surface area contributed by atoms with E-state index in [9.17, 15) is 0 Å². The Balaban J connectivity index is 1.56. The molecule has 2 nitrogen and oxygen atoms in total. The molecule has 1 aromatic carbocycles. The molecular weight excluding hydrogens is 268 g/mol. The fraction of sp³-hybridized carbons (Fsp3) is 0.600. The fourth-order valence-corrected chi connectivity index (χ4v) is 3.51. The van der Waals surface area contributed by atoms with Gasteiger partial charge in [0, 0.05) is 13.1 Å². The Hall–Kier alpha value is -1.12. The Morgan fingerprint density at radius 3 is 2.64 bits per heavy atom. The summed E-state index contributed by atoms with van der Waals surface area (Å²) in [5.41, 5.74) is 4.47. The van der Waals surface area contributed by atoms with Crippen LogP contribution < -0.4 is 5.32 Å². The summed E-state index contributed by atoms with van der Waals surface area (Å²) in [5.74, 6) is 0. The summed E-state index contributed by atoms with van der Waals surface area (Å²) in [6.45, 7) is 11.7. The van der Waals surface area contributed by atoms with Gasteiger partial charge in [-0.25, -0.2) is 0 Å². The first-order valence-electron chi connectivity index (χ1n) is 8.82. The van der Waals surface area contributed by atoms with Crippen LogP contribution in [0.15, 0.2) is 24.3 Å². The van der Waals surface area contributed by atoms with E-state index >= 15 is 0 Å². The first-order chi connectivity index (χ1) is 10.5. The monoisotopic (exact) mass is 298 g/mol. The van der Waals surface area contributed by atoms with E-state index in [0.29, 0.717) is 6.04 Å². The lowest BCUT2D eigenvalue weighted by atomic mass is 9.85. The lowest BCUT2D eigenvalue weighted by Gasteiger charge is -2.27. The van der Waals surface area contributed by atoms with Crippen molar-refractivity contribution in [1.82, 2.24) is 10.2 Å². The van der Waals surface area contributed by atoms with Gasteiger partial charge in [0.1, 0.15) is 0 Å². The minimum atomic E-state index is 0.225. The largest absolute Gasteiger partial charge is 0.305 e. The van der Waals surface area contributed by atoms with E-state index in [0.717, 1.165) is 6.54 Å². The van der Waals surface area contributed by atoms with Gasteiger partial charge in [-0.1, -0.05) is 57.5 Å². The minimum Gasteiger partial charge on any atom is -0.305 e. The van der Waals surface area contributed by atoms with E-state index in [4.69, 9.17) is 0 Å². The molecule has 22 heavy (non-hydrogen) atoms. The van der Waals surface area contributed by atoms with Crippen LogP contribution in [0.4, 0.5) is 0 Å². The molecule has 1 aliphatic carbocycles. The van der Waals surface area contributed by atoms with Crippen LogP contribution in [0.25, 0.3) is 6.08 Å². The average molecular weight is 298 g/mol. The zero-order valence-corrected chi connectivity index (χ0v) is 14.4. The molecule has 0 saturated carbocycles. The fourth-order valence-electron chi connectivity index (χ4n) is 3.51. The molecule has 1 aliphatic heterocycles. The molecule has 0 amide bonds. The van der Waals surface area contributed by atoms with Crippen molar-refractivity contribution in [2.24, 2.45) is 0 Å². The molecule has 1 heterocycles. The van der Waals surface area contributed by atoms with Crippen LogP contribution in [0.1, 0.15) is 62.8 Å². The van der Waals surface area contributed by atoms with Crippen molar-refractivity contribution in [3.63, 3.8) is 0 Å². The molecule has 1 N–H and O–H groups in total. The van der Waals surface area contributed by atoms with Crippen molar-refractivity contribution >= 4 is 6.08 Å². The number of hydrogen-bond acceptors (Lipinski definition) is 2. The molecule has 3 rings (SSSR count). The molecule has 1 aromatic rings. The number of rotatable bonds is 4. The van der Waals surface area contributed by atoms with Crippen molar-refractivity contribution in [3.8, 4) is 0 Å². The highest BCUT2D eigenvalue weighted by atomic mass is 15.1. The number of nitrogens with zero attached hydrogens (tertiary/aromatic N) is 1. The Labute approximate surface area is 135 Å². The van der Waals surface area contributed by atoms with E-state index in [2.05, 4.69) is 61.3 Å². The van der Waals surface area contributed by atoms with E-state index in [1.54, 1.807) is 0 Å². The predicted octanol–water partition coefficient (Wildman–Crippen LogP) is 4.13. The molecule has 0 aromatic heterocycles. The number of likely N-dealkylation sites (tertiary alicyclic amines) is 1. The first kappa shape index (κ1) is 15.8. The third-order valence-corrected chi connectivity index (χ3v) is 5.00. The zero-order valence-electron chi connectivity index (χ0n) is 14.4. The van der Waals surface area contributed by atoms with Gasteiger partial charge in [0.15, 0.2) is 0 Å². The number of hydrogen-bond donors (Lipinski definition) is 1. The molecule has 1 saturated heterocycles. The molecule has 120 valence electrons. The van der Waals surface area contributed by atoms with Gasteiger partial charge in [-0.3, -0.25) is 0 Å². The summed E-state index contributed by atoms with van der Waals surface area (Å²) >= 11 is 0. The van der Waals surface area contributed by atoms with Gasteiger partial charge in [-0.05, 0) is 48.0 Å². The first-order valence-corrected chi connectivity index (χ1v) is 8.82. The maximum atomic E-state index is 3.71. The van der Waals surface area contributed by atoms with E-state index in [1.807, 2.05) is 0 Å². The highest BCUT2D eigenvalue weighted by molar-refractivity contribution is 5.63. The zero-order chi connectivity index (χ0) is 15.6. The van der Waals surface area contributed by atoms with Crippen molar-refractivity contribution in [1.29, 1.82) is 0 Å². The second kappa shape index (κ2) is 6.55. The number of piperidine rings is 1. The number of benzene rings is 1. The van der Waals surface area contributed by atoms with Crippen molar-refractivity contribution in [3.05, 3.63) is 41.0 Å². The summed E-state index contributed by atoms with van der Waals surface area (Å²) in [4.78, 5) is 2.60. The summed E-state index contributed by atoms with van der Waals surface area (Å²) in [6, 6.07) is 7.37. The van der Waals surface area contributed by atoms with E-state index in [-0.39, 0.29) is 5.41 Å². The van der Waals surface area contributed by atoms with Crippen LogP contribution in [0, 0.1) is 0 Å². The SMILES string of the molecule is CC(C)(C)c1ccc2c(c1)C=C[C@H]2NCCN1CCCCC1. The van der Waals surface area contributed by atoms with Gasteiger partial charge < -0.3 is 10.2 Å². The summed E-state index contributed by atoms with van der Waals surface area (Å²) in [6.07, 6.45) is 8.76. The van der Waals surface area contributed by atoms with Gasteiger partial charge in [-0.15, -0.1) is 0 Å². The van der Waals surface area contributed by atoms with Crippen LogP contribution in [-0.2, 0) is 5.41 Å². The molecule has 0 spiro atoms. The highest BCUT2D eigenvalue weighted by Gasteiger charge is 2.20. The molecule has 0 bridgehead atoms. The van der Waals surface area contributed by atoms with E-state index < -0.39 is 0 Å². The number of nitrogens with one attached hydrogen (secondary N) is 1. The Bertz CT molecular complexity index is 533. The molecule has 2 aliphatic rings. The van der Waals surface area contributed by atoms with Gasteiger partial charge in [0.25, 0.3) is 0 Å². The van der Waals surface area contributed by atoms with Gasteiger partial charge in [0.05, 0.1) is 6.04 Å². The second-order valence-corrected chi connectivity index (χ2v) is 7.79.